The SMILES string of the molecule is CCCCN(C)CC(=O)Nc1c(C#N)oc2ccccc12. The average Bonchev–Trinajstić information content (AvgIpc) is 2.83. The summed E-state index contributed by atoms with van der Waals surface area (Å²) in [6, 6.07) is 9.27. The molecule has 1 aromatic carbocycles. The number of amides is 1. The van der Waals surface area contributed by atoms with Crippen molar-refractivity contribution in [1.29, 1.82) is 5.26 Å². The molecule has 5 nitrogen and oxygen atoms in total. The predicted molar refractivity (Wildman–Crippen MR) is 82.0 cm³/mol. The van der Waals surface area contributed by atoms with Crippen LogP contribution in [0, 0.1) is 11.3 Å². The van der Waals surface area contributed by atoms with E-state index in [2.05, 4.69) is 12.2 Å². The number of anilines is 1. The number of para-hydroxylation sites is 1. The molecular formula is C16H19N3O2. The van der Waals surface area contributed by atoms with Gasteiger partial charge in [0.2, 0.25) is 11.7 Å². The lowest BCUT2D eigenvalue weighted by Crippen LogP contribution is -2.31. The molecule has 5 heteroatoms. The van der Waals surface area contributed by atoms with E-state index in [0.717, 1.165) is 24.8 Å². The summed E-state index contributed by atoms with van der Waals surface area (Å²) >= 11 is 0. The molecule has 110 valence electrons. The van der Waals surface area contributed by atoms with E-state index in [1.807, 2.05) is 36.2 Å². The fourth-order valence-corrected chi connectivity index (χ4v) is 2.18. The zero-order valence-corrected chi connectivity index (χ0v) is 12.3. The number of likely N-dealkylation sites (N-methyl/N-ethyl adjacent to an activating group) is 1. The molecule has 2 rings (SSSR count). The smallest absolute Gasteiger partial charge is 0.238 e. The lowest BCUT2D eigenvalue weighted by atomic mass is 10.2. The van der Waals surface area contributed by atoms with Crippen LogP contribution in [0.3, 0.4) is 0 Å². The van der Waals surface area contributed by atoms with E-state index in [1.165, 1.54) is 0 Å². The van der Waals surface area contributed by atoms with Crippen molar-refractivity contribution < 1.29 is 9.21 Å². The summed E-state index contributed by atoms with van der Waals surface area (Å²) in [5.41, 5.74) is 1.06. The summed E-state index contributed by atoms with van der Waals surface area (Å²) in [4.78, 5) is 14.1. The topological polar surface area (TPSA) is 69.3 Å². The van der Waals surface area contributed by atoms with Crippen LogP contribution >= 0.6 is 0 Å². The molecule has 0 aliphatic rings. The monoisotopic (exact) mass is 285 g/mol. The van der Waals surface area contributed by atoms with Gasteiger partial charge in [-0.25, -0.2) is 0 Å². The highest BCUT2D eigenvalue weighted by Gasteiger charge is 2.16. The highest BCUT2D eigenvalue weighted by molar-refractivity contribution is 6.03. The first-order valence-corrected chi connectivity index (χ1v) is 7.05. The van der Waals surface area contributed by atoms with Crippen molar-refractivity contribution in [3.05, 3.63) is 30.0 Å². The van der Waals surface area contributed by atoms with E-state index < -0.39 is 0 Å². The maximum Gasteiger partial charge on any atom is 0.238 e. The van der Waals surface area contributed by atoms with Crippen molar-refractivity contribution in [2.24, 2.45) is 0 Å². The number of hydrogen-bond donors (Lipinski definition) is 1. The van der Waals surface area contributed by atoms with Crippen molar-refractivity contribution in [2.75, 3.05) is 25.5 Å². The molecule has 0 atom stereocenters. The van der Waals surface area contributed by atoms with Gasteiger partial charge >= 0.3 is 0 Å². The molecule has 0 bridgehead atoms. The van der Waals surface area contributed by atoms with Gasteiger partial charge in [0.15, 0.2) is 0 Å². The van der Waals surface area contributed by atoms with Gasteiger partial charge in [0.1, 0.15) is 17.3 Å². The van der Waals surface area contributed by atoms with Gasteiger partial charge in [-0.1, -0.05) is 25.5 Å². The third kappa shape index (κ3) is 3.61. The predicted octanol–water partition coefficient (Wildman–Crippen LogP) is 2.97. The molecule has 1 amide bonds. The Bertz CT molecular complexity index is 670. The summed E-state index contributed by atoms with van der Waals surface area (Å²) in [7, 11) is 1.91. The van der Waals surface area contributed by atoms with Crippen LogP contribution in [0.4, 0.5) is 5.69 Å². The molecule has 0 unspecified atom stereocenters. The quantitative estimate of drug-likeness (QED) is 0.886. The van der Waals surface area contributed by atoms with Crippen LogP contribution < -0.4 is 5.32 Å². The number of hydrogen-bond acceptors (Lipinski definition) is 4. The normalized spacial score (nSPS) is 10.8. The van der Waals surface area contributed by atoms with E-state index in [9.17, 15) is 4.79 Å². The third-order valence-electron chi connectivity index (χ3n) is 3.27. The Kier molecular flexibility index (Phi) is 4.96. The number of nitrogens with one attached hydrogen (secondary N) is 1. The maximum absolute atomic E-state index is 12.1. The van der Waals surface area contributed by atoms with Crippen LogP contribution in [-0.4, -0.2) is 30.9 Å². The number of rotatable bonds is 6. The zero-order chi connectivity index (χ0) is 15.2. The van der Waals surface area contributed by atoms with Crippen LogP contribution in [-0.2, 0) is 4.79 Å². The Morgan fingerprint density at radius 1 is 1.43 bits per heavy atom. The second kappa shape index (κ2) is 6.91. The second-order valence-electron chi connectivity index (χ2n) is 5.05. The van der Waals surface area contributed by atoms with Crippen molar-refractivity contribution in [1.82, 2.24) is 4.90 Å². The minimum Gasteiger partial charge on any atom is -0.443 e. The second-order valence-corrected chi connectivity index (χ2v) is 5.05. The number of unbranched alkanes of at least 4 members (excludes halogenated alkanes) is 1. The van der Waals surface area contributed by atoms with Gasteiger partial charge < -0.3 is 9.73 Å². The number of carbonyl (C=O) groups excluding carboxylic acids is 1. The molecule has 0 fully saturated rings. The maximum atomic E-state index is 12.1. The van der Waals surface area contributed by atoms with E-state index in [0.29, 0.717) is 17.8 Å². The molecule has 1 heterocycles. The van der Waals surface area contributed by atoms with Gasteiger partial charge in [-0.3, -0.25) is 9.69 Å². The van der Waals surface area contributed by atoms with Gasteiger partial charge in [0, 0.05) is 5.39 Å². The van der Waals surface area contributed by atoms with E-state index in [-0.39, 0.29) is 11.7 Å². The van der Waals surface area contributed by atoms with Gasteiger partial charge in [-0.2, -0.15) is 5.26 Å². The average molecular weight is 285 g/mol. The Balaban J connectivity index is 2.12. The Labute approximate surface area is 124 Å². The van der Waals surface area contributed by atoms with Crippen LogP contribution in [0.1, 0.15) is 25.5 Å². The summed E-state index contributed by atoms with van der Waals surface area (Å²) < 4.78 is 5.43. The minimum absolute atomic E-state index is 0.140. The molecule has 0 saturated heterocycles. The Morgan fingerprint density at radius 3 is 2.90 bits per heavy atom. The number of furan rings is 1. The molecule has 2 aromatic rings. The number of fused-ring (bicyclic) bond motifs is 1. The zero-order valence-electron chi connectivity index (χ0n) is 12.3. The van der Waals surface area contributed by atoms with E-state index in [1.54, 1.807) is 6.07 Å². The van der Waals surface area contributed by atoms with E-state index >= 15 is 0 Å². The number of carbonyl (C=O) groups is 1. The van der Waals surface area contributed by atoms with Gasteiger partial charge in [0.25, 0.3) is 0 Å². The van der Waals surface area contributed by atoms with Crippen LogP contribution in [0.25, 0.3) is 11.0 Å². The van der Waals surface area contributed by atoms with Crippen LogP contribution in [0.15, 0.2) is 28.7 Å². The molecule has 0 aliphatic carbocycles. The highest BCUT2D eigenvalue weighted by atomic mass is 16.3. The first kappa shape index (κ1) is 15.1. The number of nitrogens with zero attached hydrogens (tertiary/aromatic N) is 2. The van der Waals surface area contributed by atoms with Crippen LogP contribution in [0.5, 0.6) is 0 Å². The third-order valence-corrected chi connectivity index (χ3v) is 3.27. The minimum atomic E-state index is -0.142. The summed E-state index contributed by atoms with van der Waals surface area (Å²) in [5, 5.41) is 12.7. The number of nitriles is 1. The lowest BCUT2D eigenvalue weighted by Gasteiger charge is -2.15. The molecule has 21 heavy (non-hydrogen) atoms. The molecule has 0 spiro atoms. The van der Waals surface area contributed by atoms with Gasteiger partial charge in [-0.15, -0.1) is 0 Å². The lowest BCUT2D eigenvalue weighted by molar-refractivity contribution is -0.117. The first-order valence-electron chi connectivity index (χ1n) is 7.05. The molecule has 0 saturated carbocycles. The molecule has 0 aliphatic heterocycles. The largest absolute Gasteiger partial charge is 0.443 e. The Hall–Kier alpha value is -2.32. The summed E-state index contributed by atoms with van der Waals surface area (Å²) in [6.45, 7) is 3.29. The van der Waals surface area contributed by atoms with Crippen molar-refractivity contribution in [2.45, 2.75) is 19.8 Å². The van der Waals surface area contributed by atoms with Crippen molar-refractivity contribution >= 4 is 22.6 Å². The molecule has 1 N–H and O–H groups in total. The van der Waals surface area contributed by atoms with Gasteiger partial charge in [0.05, 0.1) is 6.54 Å². The molecule has 0 radical (unpaired) electrons. The summed E-state index contributed by atoms with van der Waals surface area (Å²) in [6.07, 6.45) is 2.15. The molecule has 1 aromatic heterocycles. The fourth-order valence-electron chi connectivity index (χ4n) is 2.18. The fraction of sp³-hybridized carbons (Fsp3) is 0.375. The number of benzene rings is 1. The first-order chi connectivity index (χ1) is 10.2. The molecular weight excluding hydrogens is 266 g/mol. The van der Waals surface area contributed by atoms with Crippen molar-refractivity contribution in [3.8, 4) is 6.07 Å². The van der Waals surface area contributed by atoms with Gasteiger partial charge in [-0.05, 0) is 32.1 Å². The van der Waals surface area contributed by atoms with Crippen molar-refractivity contribution in [3.63, 3.8) is 0 Å². The highest BCUT2D eigenvalue weighted by Crippen LogP contribution is 2.30. The summed E-state index contributed by atoms with van der Waals surface area (Å²) in [5.74, 6) is -0.00239. The van der Waals surface area contributed by atoms with Crippen LogP contribution in [0.2, 0.25) is 0 Å². The van der Waals surface area contributed by atoms with E-state index in [4.69, 9.17) is 9.68 Å². The standard InChI is InChI=1S/C16H19N3O2/c1-3-4-9-19(2)11-15(20)18-16-12-7-5-6-8-13(12)21-14(16)10-17/h5-8H,3-4,9,11H2,1-2H3,(H,18,20). The Morgan fingerprint density at radius 2 is 2.19 bits per heavy atom.